The van der Waals surface area contributed by atoms with Crippen LogP contribution in [-0.2, 0) is 13.1 Å². The number of aryl methyl sites for hydroxylation is 4. The Morgan fingerprint density at radius 3 is 2.48 bits per heavy atom. The molecule has 0 amide bonds. The van der Waals surface area contributed by atoms with Crippen molar-refractivity contribution in [3.05, 3.63) is 32.9 Å². The summed E-state index contributed by atoms with van der Waals surface area (Å²) in [4.78, 5) is 17.4. The summed E-state index contributed by atoms with van der Waals surface area (Å²) in [6.45, 7) is 15.7. The number of nitrogens with one attached hydrogen (secondary N) is 2. The van der Waals surface area contributed by atoms with Gasteiger partial charge in [-0.05, 0) is 66.5 Å². The number of piperidine rings is 1. The topological polar surface area (TPSA) is 78.6 Å². The van der Waals surface area contributed by atoms with E-state index in [1.165, 1.54) is 17.7 Å². The minimum absolute atomic E-state index is 0.663. The van der Waals surface area contributed by atoms with E-state index in [1.54, 1.807) is 11.3 Å². The summed E-state index contributed by atoms with van der Waals surface area (Å²) < 4.78 is 5.73. The highest BCUT2D eigenvalue weighted by molar-refractivity contribution is 7.11. The molecule has 1 aliphatic heterocycles. The van der Waals surface area contributed by atoms with Crippen LogP contribution in [0.1, 0.15) is 52.7 Å². The number of aromatic nitrogens is 2. The second-order valence-electron chi connectivity index (χ2n) is 7.79. The van der Waals surface area contributed by atoms with Crippen LogP contribution in [0.15, 0.2) is 9.41 Å². The standard InChI is InChI=1S/C21H34N6OS/c1-6-22-21(24-12-19-15(3)25-17(5)29-19)23-11-18-7-9-27(10-8-18)13-20-26-14(2)16(4)28-20/h18H,6-13H2,1-5H3,(H2,22,23,24). The molecule has 7 nitrogen and oxygen atoms in total. The lowest BCUT2D eigenvalue weighted by molar-refractivity contribution is 0.164. The number of hydrogen-bond donors (Lipinski definition) is 2. The van der Waals surface area contributed by atoms with Gasteiger partial charge < -0.3 is 15.1 Å². The molecule has 0 bridgehead atoms. The van der Waals surface area contributed by atoms with Crippen molar-refractivity contribution in [3.8, 4) is 0 Å². The Morgan fingerprint density at radius 1 is 1.14 bits per heavy atom. The molecule has 29 heavy (non-hydrogen) atoms. The van der Waals surface area contributed by atoms with E-state index in [2.05, 4.69) is 39.3 Å². The van der Waals surface area contributed by atoms with Gasteiger partial charge in [-0.15, -0.1) is 11.3 Å². The number of oxazole rings is 1. The Bertz CT molecular complexity index is 800. The molecular weight excluding hydrogens is 384 g/mol. The van der Waals surface area contributed by atoms with Gasteiger partial charge in [-0.2, -0.15) is 0 Å². The average Bonchev–Trinajstić information content (AvgIpc) is 3.18. The highest BCUT2D eigenvalue weighted by Crippen LogP contribution is 2.20. The number of hydrogen-bond acceptors (Lipinski definition) is 6. The number of likely N-dealkylation sites (tertiary alicyclic amines) is 1. The molecular formula is C21H34N6OS. The molecule has 0 aromatic carbocycles. The molecule has 160 valence electrons. The molecule has 3 heterocycles. The van der Waals surface area contributed by atoms with Crippen molar-refractivity contribution in [2.45, 2.75) is 60.5 Å². The number of thiazole rings is 1. The van der Waals surface area contributed by atoms with Crippen LogP contribution in [0.2, 0.25) is 0 Å². The first-order valence-corrected chi connectivity index (χ1v) is 11.4. The molecule has 0 saturated carbocycles. The third kappa shape index (κ3) is 6.27. The van der Waals surface area contributed by atoms with Gasteiger partial charge in [0, 0.05) is 18.0 Å². The molecule has 0 radical (unpaired) electrons. The van der Waals surface area contributed by atoms with Gasteiger partial charge in [-0.3, -0.25) is 4.90 Å². The van der Waals surface area contributed by atoms with E-state index in [4.69, 9.17) is 9.41 Å². The van der Waals surface area contributed by atoms with Gasteiger partial charge in [0.05, 0.1) is 29.5 Å². The zero-order valence-electron chi connectivity index (χ0n) is 18.3. The number of aliphatic imine (C=N–C) groups is 1. The Labute approximate surface area is 178 Å². The maximum atomic E-state index is 5.73. The average molecular weight is 419 g/mol. The van der Waals surface area contributed by atoms with Crippen LogP contribution in [0.3, 0.4) is 0 Å². The first-order chi connectivity index (χ1) is 13.9. The van der Waals surface area contributed by atoms with E-state index in [1.807, 2.05) is 20.8 Å². The Morgan fingerprint density at radius 2 is 1.90 bits per heavy atom. The first kappa shape index (κ1) is 21.8. The SMILES string of the molecule is CCNC(=NCc1sc(C)nc1C)NCC1CCN(Cc2nc(C)c(C)o2)CC1. The second kappa shape index (κ2) is 10.2. The summed E-state index contributed by atoms with van der Waals surface area (Å²) in [7, 11) is 0. The van der Waals surface area contributed by atoms with Crippen molar-refractivity contribution in [1.29, 1.82) is 0 Å². The van der Waals surface area contributed by atoms with Crippen LogP contribution in [0.4, 0.5) is 0 Å². The number of guanidine groups is 1. The minimum Gasteiger partial charge on any atom is -0.444 e. The second-order valence-corrected chi connectivity index (χ2v) is 9.07. The van der Waals surface area contributed by atoms with E-state index in [0.717, 1.165) is 66.7 Å². The number of rotatable bonds is 7. The monoisotopic (exact) mass is 418 g/mol. The maximum Gasteiger partial charge on any atom is 0.208 e. The van der Waals surface area contributed by atoms with E-state index in [9.17, 15) is 0 Å². The van der Waals surface area contributed by atoms with Crippen LogP contribution in [0, 0.1) is 33.6 Å². The molecule has 0 atom stereocenters. The molecule has 2 N–H and O–H groups in total. The lowest BCUT2D eigenvalue weighted by atomic mass is 9.97. The third-order valence-corrected chi connectivity index (χ3v) is 6.48. The van der Waals surface area contributed by atoms with Crippen LogP contribution < -0.4 is 10.6 Å². The fourth-order valence-corrected chi connectivity index (χ4v) is 4.46. The molecule has 1 aliphatic rings. The van der Waals surface area contributed by atoms with Gasteiger partial charge in [-0.25, -0.2) is 15.0 Å². The van der Waals surface area contributed by atoms with E-state index in [-0.39, 0.29) is 0 Å². The predicted octanol–water partition coefficient (Wildman–Crippen LogP) is 3.33. The van der Waals surface area contributed by atoms with Crippen molar-refractivity contribution < 1.29 is 4.42 Å². The summed E-state index contributed by atoms with van der Waals surface area (Å²) in [5, 5.41) is 8.00. The lowest BCUT2D eigenvalue weighted by Gasteiger charge is -2.31. The summed E-state index contributed by atoms with van der Waals surface area (Å²) in [6.07, 6.45) is 2.36. The Balaban J connectivity index is 1.44. The smallest absolute Gasteiger partial charge is 0.208 e. The molecule has 1 saturated heterocycles. The van der Waals surface area contributed by atoms with Gasteiger partial charge >= 0.3 is 0 Å². The summed E-state index contributed by atoms with van der Waals surface area (Å²) >= 11 is 1.73. The van der Waals surface area contributed by atoms with Gasteiger partial charge in [-0.1, -0.05) is 0 Å². The molecule has 3 rings (SSSR count). The van der Waals surface area contributed by atoms with Gasteiger partial charge in [0.25, 0.3) is 0 Å². The van der Waals surface area contributed by atoms with Crippen molar-refractivity contribution in [2.24, 2.45) is 10.9 Å². The molecule has 2 aromatic heterocycles. The van der Waals surface area contributed by atoms with Crippen LogP contribution in [0.25, 0.3) is 0 Å². The predicted molar refractivity (Wildman–Crippen MR) is 118 cm³/mol. The van der Waals surface area contributed by atoms with Gasteiger partial charge in [0.1, 0.15) is 5.76 Å². The molecule has 8 heteroatoms. The normalized spacial score (nSPS) is 16.4. The zero-order valence-corrected chi connectivity index (χ0v) is 19.2. The van der Waals surface area contributed by atoms with Crippen LogP contribution >= 0.6 is 11.3 Å². The van der Waals surface area contributed by atoms with E-state index in [0.29, 0.717) is 12.5 Å². The van der Waals surface area contributed by atoms with Crippen LogP contribution in [-0.4, -0.2) is 47.0 Å². The zero-order chi connectivity index (χ0) is 20.8. The maximum absolute atomic E-state index is 5.73. The summed E-state index contributed by atoms with van der Waals surface area (Å²) in [5.74, 6) is 3.33. The minimum atomic E-state index is 0.663. The highest BCUT2D eigenvalue weighted by atomic mass is 32.1. The summed E-state index contributed by atoms with van der Waals surface area (Å²) in [5.41, 5.74) is 2.09. The van der Waals surface area contributed by atoms with E-state index < -0.39 is 0 Å². The van der Waals surface area contributed by atoms with Crippen molar-refractivity contribution in [2.75, 3.05) is 26.2 Å². The Kier molecular flexibility index (Phi) is 7.66. The van der Waals surface area contributed by atoms with Crippen molar-refractivity contribution in [1.82, 2.24) is 25.5 Å². The van der Waals surface area contributed by atoms with E-state index >= 15 is 0 Å². The highest BCUT2D eigenvalue weighted by Gasteiger charge is 2.21. The van der Waals surface area contributed by atoms with Crippen LogP contribution in [0.5, 0.6) is 0 Å². The Hall–Kier alpha value is -1.93. The first-order valence-electron chi connectivity index (χ1n) is 10.5. The molecule has 0 spiro atoms. The molecule has 1 fully saturated rings. The molecule has 0 unspecified atom stereocenters. The summed E-state index contributed by atoms with van der Waals surface area (Å²) in [6, 6.07) is 0. The van der Waals surface area contributed by atoms with Gasteiger partial charge in [0.2, 0.25) is 5.89 Å². The lowest BCUT2D eigenvalue weighted by Crippen LogP contribution is -2.42. The number of nitrogens with zero attached hydrogens (tertiary/aromatic N) is 4. The van der Waals surface area contributed by atoms with Gasteiger partial charge in [0.15, 0.2) is 5.96 Å². The fourth-order valence-electron chi connectivity index (χ4n) is 3.60. The molecule has 0 aliphatic carbocycles. The quantitative estimate of drug-likeness (QED) is 0.530. The largest absolute Gasteiger partial charge is 0.444 e. The third-order valence-electron chi connectivity index (χ3n) is 5.42. The van der Waals surface area contributed by atoms with Crippen molar-refractivity contribution >= 4 is 17.3 Å². The molecule has 2 aromatic rings. The fraction of sp³-hybridized carbons (Fsp3) is 0.667. The van der Waals surface area contributed by atoms with Crippen molar-refractivity contribution in [3.63, 3.8) is 0 Å².